The standard InChI is InChI=1S/C21H22N2O6S2/c1-27-14-4-7-16(8-5-14)31(25,26)11-10-20(24)23-21-22-18(13-30-21)17-9-6-15(28-2)12-19(17)29-3/h4-9,12-13H,10-11H2,1-3H3,(H,22,23,24). The summed E-state index contributed by atoms with van der Waals surface area (Å²) in [7, 11) is 1.04. The minimum absolute atomic E-state index is 0.143. The zero-order chi connectivity index (χ0) is 22.4. The molecule has 164 valence electrons. The number of carbonyl (C=O) groups is 1. The first-order valence-corrected chi connectivity index (χ1v) is 11.7. The summed E-state index contributed by atoms with van der Waals surface area (Å²) in [5.41, 5.74) is 1.38. The highest BCUT2D eigenvalue weighted by molar-refractivity contribution is 7.91. The molecule has 1 N–H and O–H groups in total. The molecule has 0 unspecified atom stereocenters. The Kier molecular flexibility index (Phi) is 7.13. The molecule has 0 saturated heterocycles. The highest BCUT2D eigenvalue weighted by Crippen LogP contribution is 2.34. The summed E-state index contributed by atoms with van der Waals surface area (Å²) in [6, 6.07) is 11.4. The molecule has 10 heteroatoms. The molecular weight excluding hydrogens is 440 g/mol. The lowest BCUT2D eigenvalue weighted by atomic mass is 10.1. The van der Waals surface area contributed by atoms with Gasteiger partial charge in [-0.25, -0.2) is 13.4 Å². The maximum atomic E-state index is 12.4. The molecule has 1 aromatic heterocycles. The normalized spacial score (nSPS) is 11.1. The van der Waals surface area contributed by atoms with Crippen LogP contribution in [0.25, 0.3) is 11.3 Å². The van der Waals surface area contributed by atoms with Crippen molar-refractivity contribution in [3.63, 3.8) is 0 Å². The van der Waals surface area contributed by atoms with Gasteiger partial charge in [-0.05, 0) is 36.4 Å². The molecule has 0 atom stereocenters. The van der Waals surface area contributed by atoms with Crippen molar-refractivity contribution in [3.8, 4) is 28.5 Å². The summed E-state index contributed by atoms with van der Waals surface area (Å²) in [6.45, 7) is 0. The van der Waals surface area contributed by atoms with Gasteiger partial charge in [0.1, 0.15) is 17.2 Å². The van der Waals surface area contributed by atoms with Crippen LogP contribution in [0.2, 0.25) is 0 Å². The van der Waals surface area contributed by atoms with Gasteiger partial charge in [0.15, 0.2) is 15.0 Å². The molecule has 0 fully saturated rings. The fourth-order valence-corrected chi connectivity index (χ4v) is 4.74. The van der Waals surface area contributed by atoms with Crippen LogP contribution in [0, 0.1) is 0 Å². The van der Waals surface area contributed by atoms with Gasteiger partial charge in [0.05, 0.1) is 37.7 Å². The fourth-order valence-electron chi connectivity index (χ4n) is 2.77. The molecule has 3 rings (SSSR count). The highest BCUT2D eigenvalue weighted by Gasteiger charge is 2.18. The van der Waals surface area contributed by atoms with E-state index in [0.717, 1.165) is 5.56 Å². The second-order valence-electron chi connectivity index (χ2n) is 6.40. The zero-order valence-corrected chi connectivity index (χ0v) is 18.9. The van der Waals surface area contributed by atoms with Crippen molar-refractivity contribution < 1.29 is 27.4 Å². The Labute approximate surface area is 184 Å². The van der Waals surface area contributed by atoms with Gasteiger partial charge in [0.25, 0.3) is 0 Å². The summed E-state index contributed by atoms with van der Waals surface area (Å²) < 4.78 is 40.5. The number of ether oxygens (including phenoxy) is 3. The molecule has 0 aliphatic rings. The Morgan fingerprint density at radius 2 is 1.68 bits per heavy atom. The van der Waals surface area contributed by atoms with E-state index < -0.39 is 15.7 Å². The molecular formula is C21H22N2O6S2. The molecule has 3 aromatic rings. The number of hydrogen-bond donors (Lipinski definition) is 1. The molecule has 0 bridgehead atoms. The fraction of sp³-hybridized carbons (Fsp3) is 0.238. The van der Waals surface area contributed by atoms with E-state index in [9.17, 15) is 13.2 Å². The van der Waals surface area contributed by atoms with Crippen LogP contribution in [-0.4, -0.2) is 46.4 Å². The second-order valence-corrected chi connectivity index (χ2v) is 9.36. The summed E-state index contributed by atoms with van der Waals surface area (Å²) in [4.78, 5) is 16.8. The highest BCUT2D eigenvalue weighted by atomic mass is 32.2. The molecule has 0 aliphatic heterocycles. The van der Waals surface area contributed by atoms with Gasteiger partial charge >= 0.3 is 0 Å². The van der Waals surface area contributed by atoms with Gasteiger partial charge in [-0.3, -0.25) is 4.79 Å². The van der Waals surface area contributed by atoms with Crippen LogP contribution in [0.4, 0.5) is 5.13 Å². The van der Waals surface area contributed by atoms with Crippen molar-refractivity contribution in [2.24, 2.45) is 0 Å². The maximum Gasteiger partial charge on any atom is 0.227 e. The molecule has 0 spiro atoms. The number of sulfone groups is 1. The third kappa shape index (κ3) is 5.53. The van der Waals surface area contributed by atoms with Crippen LogP contribution in [-0.2, 0) is 14.6 Å². The third-order valence-corrected chi connectivity index (χ3v) is 6.94. The Morgan fingerprint density at radius 1 is 1.00 bits per heavy atom. The van der Waals surface area contributed by atoms with Crippen molar-refractivity contribution in [2.75, 3.05) is 32.4 Å². The molecule has 0 radical (unpaired) electrons. The minimum Gasteiger partial charge on any atom is -0.497 e. The second kappa shape index (κ2) is 9.80. The van der Waals surface area contributed by atoms with Crippen LogP contribution >= 0.6 is 11.3 Å². The van der Waals surface area contributed by atoms with Gasteiger partial charge in [-0.2, -0.15) is 0 Å². The molecule has 0 aliphatic carbocycles. The number of aromatic nitrogens is 1. The number of carbonyl (C=O) groups excluding carboxylic acids is 1. The van der Waals surface area contributed by atoms with Crippen molar-refractivity contribution >= 4 is 32.2 Å². The lowest BCUT2D eigenvalue weighted by Crippen LogP contribution is -2.17. The van der Waals surface area contributed by atoms with E-state index in [1.165, 1.54) is 30.6 Å². The molecule has 31 heavy (non-hydrogen) atoms. The largest absolute Gasteiger partial charge is 0.497 e. The number of nitrogens with zero attached hydrogens (tertiary/aromatic N) is 1. The summed E-state index contributed by atoms with van der Waals surface area (Å²) in [5, 5.41) is 4.81. The van der Waals surface area contributed by atoms with Gasteiger partial charge < -0.3 is 19.5 Å². The average molecular weight is 463 g/mol. The van der Waals surface area contributed by atoms with Crippen molar-refractivity contribution in [1.29, 1.82) is 0 Å². The topological polar surface area (TPSA) is 104 Å². The number of benzene rings is 2. The Balaban J connectivity index is 1.63. The monoisotopic (exact) mass is 462 g/mol. The third-order valence-electron chi connectivity index (χ3n) is 4.45. The molecule has 2 aromatic carbocycles. The number of amides is 1. The number of anilines is 1. The van der Waals surface area contributed by atoms with Crippen LogP contribution in [0.1, 0.15) is 6.42 Å². The van der Waals surface area contributed by atoms with E-state index in [-0.39, 0.29) is 17.1 Å². The summed E-state index contributed by atoms with van der Waals surface area (Å²) in [5.74, 6) is 1.07. The molecule has 8 nitrogen and oxygen atoms in total. The predicted molar refractivity (Wildman–Crippen MR) is 119 cm³/mol. The summed E-state index contributed by atoms with van der Waals surface area (Å²) in [6.07, 6.45) is -0.185. The predicted octanol–water partition coefficient (Wildman–Crippen LogP) is 3.64. The van der Waals surface area contributed by atoms with Crippen LogP contribution < -0.4 is 19.5 Å². The summed E-state index contributed by atoms with van der Waals surface area (Å²) >= 11 is 1.24. The minimum atomic E-state index is -3.59. The Bertz CT molecular complexity index is 1160. The Morgan fingerprint density at radius 3 is 2.32 bits per heavy atom. The quantitative estimate of drug-likeness (QED) is 0.518. The van der Waals surface area contributed by atoms with Crippen LogP contribution in [0.15, 0.2) is 52.7 Å². The molecule has 1 heterocycles. The van der Waals surface area contributed by atoms with E-state index >= 15 is 0 Å². The zero-order valence-electron chi connectivity index (χ0n) is 17.2. The number of methoxy groups -OCH3 is 3. The van der Waals surface area contributed by atoms with E-state index in [2.05, 4.69) is 10.3 Å². The van der Waals surface area contributed by atoms with Gasteiger partial charge in [-0.1, -0.05) is 0 Å². The lowest BCUT2D eigenvalue weighted by Gasteiger charge is -2.08. The molecule has 1 amide bonds. The van der Waals surface area contributed by atoms with Crippen molar-refractivity contribution in [3.05, 3.63) is 47.8 Å². The number of thiazole rings is 1. The molecule has 0 saturated carbocycles. The maximum absolute atomic E-state index is 12.4. The first-order chi connectivity index (χ1) is 14.9. The first-order valence-electron chi connectivity index (χ1n) is 9.21. The Hall–Kier alpha value is -3.11. The lowest BCUT2D eigenvalue weighted by molar-refractivity contribution is -0.115. The van der Waals surface area contributed by atoms with Crippen LogP contribution in [0.3, 0.4) is 0 Å². The number of nitrogens with one attached hydrogen (secondary N) is 1. The van der Waals surface area contributed by atoms with E-state index in [0.29, 0.717) is 28.1 Å². The SMILES string of the molecule is COc1ccc(S(=O)(=O)CCC(=O)Nc2nc(-c3ccc(OC)cc3OC)cs2)cc1. The first kappa shape index (κ1) is 22.6. The van der Waals surface area contributed by atoms with Crippen molar-refractivity contribution in [2.45, 2.75) is 11.3 Å². The van der Waals surface area contributed by atoms with Crippen molar-refractivity contribution in [1.82, 2.24) is 4.98 Å². The van der Waals surface area contributed by atoms with E-state index in [1.807, 2.05) is 6.07 Å². The van der Waals surface area contributed by atoms with E-state index in [4.69, 9.17) is 14.2 Å². The van der Waals surface area contributed by atoms with Crippen LogP contribution in [0.5, 0.6) is 17.2 Å². The average Bonchev–Trinajstić information content (AvgIpc) is 3.25. The van der Waals surface area contributed by atoms with Gasteiger partial charge in [0.2, 0.25) is 5.91 Å². The number of hydrogen-bond acceptors (Lipinski definition) is 8. The van der Waals surface area contributed by atoms with Gasteiger partial charge in [-0.15, -0.1) is 11.3 Å². The van der Waals surface area contributed by atoms with E-state index in [1.54, 1.807) is 43.9 Å². The number of rotatable bonds is 9. The van der Waals surface area contributed by atoms with Gasteiger partial charge in [0, 0.05) is 23.4 Å². The smallest absolute Gasteiger partial charge is 0.227 e.